The third-order valence-electron chi connectivity index (χ3n) is 4.48. The number of hydrogen-bond acceptors (Lipinski definition) is 5. The molecule has 2 rings (SSSR count). The summed E-state index contributed by atoms with van der Waals surface area (Å²) in [7, 11) is 3.92. The number of pyridine rings is 1. The number of anilines is 1. The Balaban J connectivity index is 1.98. The number of carbonyl (C=O) groups is 1. The molecule has 0 bridgehead atoms. The van der Waals surface area contributed by atoms with Gasteiger partial charge in [-0.3, -0.25) is 9.69 Å². The van der Waals surface area contributed by atoms with Gasteiger partial charge in [-0.1, -0.05) is 19.9 Å². The Kier molecular flexibility index (Phi) is 6.79. The molecule has 0 aliphatic carbocycles. The molecule has 3 atom stereocenters. The highest BCUT2D eigenvalue weighted by atomic mass is 16.5. The van der Waals surface area contributed by atoms with E-state index in [0.29, 0.717) is 6.54 Å². The maximum absolute atomic E-state index is 12.8. The molecule has 1 aliphatic heterocycles. The molecule has 0 aromatic carbocycles. The zero-order chi connectivity index (χ0) is 18.6. The van der Waals surface area contributed by atoms with Gasteiger partial charge in [-0.15, -0.1) is 0 Å². The van der Waals surface area contributed by atoms with Gasteiger partial charge in [-0.05, 0) is 31.4 Å². The van der Waals surface area contributed by atoms with Gasteiger partial charge in [0, 0.05) is 39.9 Å². The van der Waals surface area contributed by atoms with Crippen molar-refractivity contribution in [3.63, 3.8) is 0 Å². The summed E-state index contributed by atoms with van der Waals surface area (Å²) < 4.78 is 5.80. The molecule has 2 heterocycles. The fourth-order valence-electron chi connectivity index (χ4n) is 3.41. The highest BCUT2D eigenvalue weighted by Crippen LogP contribution is 2.19. The lowest BCUT2D eigenvalue weighted by Gasteiger charge is -2.41. The third kappa shape index (κ3) is 5.41. The minimum absolute atomic E-state index is 0.0768. The van der Waals surface area contributed by atoms with Crippen LogP contribution in [0.25, 0.3) is 0 Å². The van der Waals surface area contributed by atoms with Crippen LogP contribution in [0.5, 0.6) is 0 Å². The van der Waals surface area contributed by atoms with Crippen LogP contribution in [0.2, 0.25) is 0 Å². The van der Waals surface area contributed by atoms with Crippen molar-refractivity contribution in [2.45, 2.75) is 52.5 Å². The lowest BCUT2D eigenvalue weighted by molar-refractivity contribution is -0.135. The predicted molar refractivity (Wildman–Crippen MR) is 101 cm³/mol. The Morgan fingerprint density at radius 3 is 2.44 bits per heavy atom. The van der Waals surface area contributed by atoms with Crippen LogP contribution in [0.4, 0.5) is 5.82 Å². The molecule has 0 spiro atoms. The molecule has 1 aromatic heterocycles. The van der Waals surface area contributed by atoms with Gasteiger partial charge in [0.15, 0.2) is 0 Å². The van der Waals surface area contributed by atoms with Crippen LogP contribution in [-0.2, 0) is 16.1 Å². The van der Waals surface area contributed by atoms with Crippen molar-refractivity contribution in [3.05, 3.63) is 23.9 Å². The largest absolute Gasteiger partial charge is 0.373 e. The smallest absolute Gasteiger partial charge is 0.237 e. The van der Waals surface area contributed by atoms with Crippen molar-refractivity contribution < 1.29 is 9.53 Å². The lowest BCUT2D eigenvalue weighted by Crippen LogP contribution is -2.56. The summed E-state index contributed by atoms with van der Waals surface area (Å²) in [5.74, 6) is 1.23. The molecular formula is C19H32N4O2. The monoisotopic (exact) mass is 348 g/mol. The molecule has 25 heavy (non-hydrogen) atoms. The fourth-order valence-corrected chi connectivity index (χ4v) is 3.41. The topological polar surface area (TPSA) is 57.7 Å². The summed E-state index contributed by atoms with van der Waals surface area (Å²) in [6.45, 7) is 10.4. The summed E-state index contributed by atoms with van der Waals surface area (Å²) >= 11 is 0. The van der Waals surface area contributed by atoms with Crippen molar-refractivity contribution in [1.29, 1.82) is 0 Å². The standard InChI is InChI=1S/C19H32N4O2/c1-13(2)18(23-11-14(3)25-15(4)12-23)19(24)21-10-16-7-8-17(20-9-16)22(5)6/h7-9,13-15,18H,10-12H2,1-6H3,(H,21,24)/t14-,15-,18-/m1/s1. The quantitative estimate of drug-likeness (QED) is 0.851. The molecule has 1 saturated heterocycles. The number of morpholine rings is 1. The average molecular weight is 348 g/mol. The second-order valence-corrected chi connectivity index (χ2v) is 7.54. The number of carbonyl (C=O) groups excluding carboxylic acids is 1. The van der Waals surface area contributed by atoms with Gasteiger partial charge in [0.25, 0.3) is 0 Å². The maximum Gasteiger partial charge on any atom is 0.237 e. The molecule has 1 aromatic rings. The van der Waals surface area contributed by atoms with Gasteiger partial charge in [0.2, 0.25) is 5.91 Å². The fraction of sp³-hybridized carbons (Fsp3) is 0.684. The van der Waals surface area contributed by atoms with Crippen molar-refractivity contribution in [1.82, 2.24) is 15.2 Å². The van der Waals surface area contributed by atoms with E-state index in [1.807, 2.05) is 37.3 Å². The molecule has 1 aliphatic rings. The third-order valence-corrected chi connectivity index (χ3v) is 4.48. The summed E-state index contributed by atoms with van der Waals surface area (Å²) in [5.41, 5.74) is 1.00. The minimum Gasteiger partial charge on any atom is -0.373 e. The highest BCUT2D eigenvalue weighted by Gasteiger charge is 2.33. The van der Waals surface area contributed by atoms with E-state index in [1.165, 1.54) is 0 Å². The zero-order valence-electron chi connectivity index (χ0n) is 16.3. The van der Waals surface area contributed by atoms with E-state index in [9.17, 15) is 4.79 Å². The van der Waals surface area contributed by atoms with Crippen LogP contribution in [0, 0.1) is 5.92 Å². The Hall–Kier alpha value is -1.66. The molecule has 6 nitrogen and oxygen atoms in total. The van der Waals surface area contributed by atoms with E-state index in [2.05, 4.69) is 42.9 Å². The molecule has 0 radical (unpaired) electrons. The maximum atomic E-state index is 12.8. The summed E-state index contributed by atoms with van der Waals surface area (Å²) in [4.78, 5) is 21.4. The molecule has 1 amide bonds. The van der Waals surface area contributed by atoms with Gasteiger partial charge >= 0.3 is 0 Å². The van der Waals surface area contributed by atoms with Crippen LogP contribution in [0.15, 0.2) is 18.3 Å². The summed E-state index contributed by atoms with van der Waals surface area (Å²) in [6.07, 6.45) is 2.12. The SMILES string of the molecule is CC(C)[C@H](C(=O)NCc1ccc(N(C)C)nc1)N1C[C@@H](C)O[C@H](C)C1. The number of ether oxygens (including phenoxy) is 1. The lowest BCUT2D eigenvalue weighted by atomic mass is 9.99. The molecule has 6 heteroatoms. The Morgan fingerprint density at radius 1 is 1.32 bits per heavy atom. The van der Waals surface area contributed by atoms with Crippen LogP contribution in [0.3, 0.4) is 0 Å². The molecular weight excluding hydrogens is 316 g/mol. The molecule has 0 saturated carbocycles. The minimum atomic E-state index is -0.136. The van der Waals surface area contributed by atoms with Gasteiger partial charge in [0.05, 0.1) is 18.2 Å². The second-order valence-electron chi connectivity index (χ2n) is 7.54. The van der Waals surface area contributed by atoms with Crippen molar-refractivity contribution in [2.24, 2.45) is 5.92 Å². The number of nitrogens with one attached hydrogen (secondary N) is 1. The highest BCUT2D eigenvalue weighted by molar-refractivity contribution is 5.82. The normalized spacial score (nSPS) is 22.7. The number of rotatable bonds is 6. The van der Waals surface area contributed by atoms with Crippen LogP contribution in [0.1, 0.15) is 33.3 Å². The van der Waals surface area contributed by atoms with E-state index < -0.39 is 0 Å². The number of nitrogens with zero attached hydrogens (tertiary/aromatic N) is 3. The first-order chi connectivity index (χ1) is 11.8. The number of aromatic nitrogens is 1. The zero-order valence-corrected chi connectivity index (χ0v) is 16.3. The van der Waals surface area contributed by atoms with Crippen LogP contribution >= 0.6 is 0 Å². The van der Waals surface area contributed by atoms with Crippen LogP contribution in [-0.4, -0.2) is 61.2 Å². The Labute approximate surface area is 151 Å². The van der Waals surface area contributed by atoms with E-state index in [4.69, 9.17) is 4.74 Å². The summed E-state index contributed by atoms with van der Waals surface area (Å²) in [6, 6.07) is 3.83. The van der Waals surface area contributed by atoms with E-state index in [-0.39, 0.29) is 30.1 Å². The molecule has 0 unspecified atom stereocenters. The van der Waals surface area contributed by atoms with E-state index in [0.717, 1.165) is 24.5 Å². The van der Waals surface area contributed by atoms with Gasteiger partial charge in [-0.25, -0.2) is 4.98 Å². The molecule has 1 fully saturated rings. The van der Waals surface area contributed by atoms with Gasteiger partial charge in [-0.2, -0.15) is 0 Å². The van der Waals surface area contributed by atoms with Crippen molar-refractivity contribution >= 4 is 11.7 Å². The van der Waals surface area contributed by atoms with Crippen molar-refractivity contribution in [3.8, 4) is 0 Å². The predicted octanol–water partition coefficient (Wildman–Crippen LogP) is 1.90. The van der Waals surface area contributed by atoms with Gasteiger partial charge < -0.3 is 15.0 Å². The average Bonchev–Trinajstić information content (AvgIpc) is 2.52. The Morgan fingerprint density at radius 2 is 1.96 bits per heavy atom. The van der Waals surface area contributed by atoms with Crippen molar-refractivity contribution in [2.75, 3.05) is 32.1 Å². The first kappa shape index (κ1) is 19.7. The van der Waals surface area contributed by atoms with E-state index >= 15 is 0 Å². The first-order valence-electron chi connectivity index (χ1n) is 9.07. The number of amides is 1. The Bertz CT molecular complexity index is 549. The first-order valence-corrected chi connectivity index (χ1v) is 9.07. The van der Waals surface area contributed by atoms with E-state index in [1.54, 1.807) is 0 Å². The molecule has 1 N–H and O–H groups in total. The van der Waals surface area contributed by atoms with Crippen LogP contribution < -0.4 is 10.2 Å². The van der Waals surface area contributed by atoms with Gasteiger partial charge in [0.1, 0.15) is 5.82 Å². The second kappa shape index (κ2) is 8.63. The molecule has 140 valence electrons. The summed E-state index contributed by atoms with van der Waals surface area (Å²) in [5, 5.41) is 3.08. The number of hydrogen-bond donors (Lipinski definition) is 1.